The summed E-state index contributed by atoms with van der Waals surface area (Å²) >= 11 is 0. The van der Waals surface area contributed by atoms with Crippen molar-refractivity contribution in [1.29, 1.82) is 0 Å². The van der Waals surface area contributed by atoms with Crippen molar-refractivity contribution in [3.05, 3.63) is 134 Å². The Kier molecular flexibility index (Phi) is 62.3. The number of carbonyl (C=O) groups is 3. The monoisotopic (exact) mass is 1090 g/mol. The SMILES string of the molecule is CC/C=C\C/C=C\C/C=C\C/C=C\C/C=C\C/C=C\C/C=C\C/C=C\CCCCCCCCCCC(=O)OCC(COC(=O)CCCCCCC/C=C\C/C=C\CCC)OC(=O)CCCCCCC/C=C\CCCCCCCC. The summed E-state index contributed by atoms with van der Waals surface area (Å²) in [6, 6.07) is 0. The minimum Gasteiger partial charge on any atom is -0.462 e. The third-order valence-electron chi connectivity index (χ3n) is 13.6. The second-order valence-electron chi connectivity index (χ2n) is 21.3. The summed E-state index contributed by atoms with van der Waals surface area (Å²) in [6.07, 6.45) is 93.2. The quantitative estimate of drug-likeness (QED) is 0.0261. The van der Waals surface area contributed by atoms with Crippen molar-refractivity contribution in [2.24, 2.45) is 0 Å². The number of hydrogen-bond acceptors (Lipinski definition) is 6. The van der Waals surface area contributed by atoms with Crippen LogP contribution < -0.4 is 0 Å². The molecule has 0 saturated heterocycles. The van der Waals surface area contributed by atoms with Gasteiger partial charge in [-0.15, -0.1) is 0 Å². The first-order valence-electron chi connectivity index (χ1n) is 32.7. The number of carbonyl (C=O) groups excluding carboxylic acids is 3. The number of allylic oxidation sites excluding steroid dienone is 22. The highest BCUT2D eigenvalue weighted by atomic mass is 16.6. The van der Waals surface area contributed by atoms with Crippen LogP contribution in [0, 0.1) is 0 Å². The molecule has 0 aliphatic carbocycles. The van der Waals surface area contributed by atoms with Gasteiger partial charge in [0.1, 0.15) is 13.2 Å². The van der Waals surface area contributed by atoms with Crippen molar-refractivity contribution in [2.75, 3.05) is 13.2 Å². The van der Waals surface area contributed by atoms with E-state index in [1.807, 2.05) is 0 Å². The number of esters is 3. The molecule has 0 aromatic carbocycles. The van der Waals surface area contributed by atoms with E-state index < -0.39 is 6.10 Å². The van der Waals surface area contributed by atoms with Gasteiger partial charge < -0.3 is 14.2 Å². The summed E-state index contributed by atoms with van der Waals surface area (Å²) in [5, 5.41) is 0. The number of hydrogen-bond donors (Lipinski definition) is 0. The van der Waals surface area contributed by atoms with Gasteiger partial charge in [0.15, 0.2) is 6.10 Å². The van der Waals surface area contributed by atoms with Gasteiger partial charge in [0, 0.05) is 19.3 Å². The van der Waals surface area contributed by atoms with E-state index in [0.717, 1.165) is 161 Å². The second-order valence-corrected chi connectivity index (χ2v) is 21.3. The van der Waals surface area contributed by atoms with Crippen LogP contribution in [-0.2, 0) is 28.6 Å². The van der Waals surface area contributed by atoms with Gasteiger partial charge >= 0.3 is 17.9 Å². The van der Waals surface area contributed by atoms with Crippen LogP contribution in [0.5, 0.6) is 0 Å². The zero-order valence-corrected chi connectivity index (χ0v) is 51.3. The minimum atomic E-state index is -0.796. The Labute approximate surface area is 487 Å². The highest BCUT2D eigenvalue weighted by Crippen LogP contribution is 2.15. The zero-order chi connectivity index (χ0) is 57.1. The standard InChI is InChI=1S/C73H120O6/c1-4-7-10-13-16-19-22-25-27-28-29-30-31-32-33-34-35-36-37-38-39-40-41-42-43-44-46-48-51-54-57-60-63-66-72(75)78-69-70(68-77-71(74)65-62-59-56-53-50-47-24-21-18-15-12-9-6-3)79-73(76)67-64-61-58-55-52-49-45-26-23-20-17-14-11-8-5-2/h7,10,12,15-16,19,21,24-27,29-30,32-33,35-36,38-39,41-42,45,70H,4-6,8-9,11,13-14,17-18,20,22-23,28,31,34,37,40,43-44,46-69H2,1-3H3/b10-7-,15-12-,19-16-,24-21-,27-25-,30-29-,33-32-,36-35-,39-38-,42-41-,45-26-. The van der Waals surface area contributed by atoms with Gasteiger partial charge in [0.2, 0.25) is 0 Å². The molecule has 6 nitrogen and oxygen atoms in total. The van der Waals surface area contributed by atoms with Gasteiger partial charge in [-0.1, -0.05) is 270 Å². The average Bonchev–Trinajstić information content (AvgIpc) is 3.45. The van der Waals surface area contributed by atoms with Crippen LogP contribution in [0.1, 0.15) is 290 Å². The fraction of sp³-hybridized carbons (Fsp3) is 0.658. The number of unbranched alkanes of at least 4 members (excludes halogenated alkanes) is 25. The maximum absolute atomic E-state index is 12.9. The summed E-state index contributed by atoms with van der Waals surface area (Å²) in [4.78, 5) is 38.3. The molecule has 0 aliphatic rings. The molecule has 0 aromatic rings. The maximum atomic E-state index is 12.9. The van der Waals surface area contributed by atoms with E-state index in [-0.39, 0.29) is 31.1 Å². The Morgan fingerprint density at radius 2 is 0.519 bits per heavy atom. The molecular formula is C73H120O6. The molecule has 0 fully saturated rings. The van der Waals surface area contributed by atoms with Gasteiger partial charge in [-0.2, -0.15) is 0 Å². The molecule has 0 N–H and O–H groups in total. The van der Waals surface area contributed by atoms with Crippen LogP contribution in [0.2, 0.25) is 0 Å². The van der Waals surface area contributed by atoms with Gasteiger partial charge in [0.05, 0.1) is 0 Å². The molecule has 1 atom stereocenters. The molecule has 448 valence electrons. The lowest BCUT2D eigenvalue weighted by Gasteiger charge is -2.18. The fourth-order valence-corrected chi connectivity index (χ4v) is 8.73. The van der Waals surface area contributed by atoms with Crippen LogP contribution >= 0.6 is 0 Å². The first-order valence-corrected chi connectivity index (χ1v) is 32.7. The predicted molar refractivity (Wildman–Crippen MR) is 343 cm³/mol. The van der Waals surface area contributed by atoms with Gasteiger partial charge in [-0.05, 0) is 135 Å². The molecule has 0 aromatic heterocycles. The minimum absolute atomic E-state index is 0.0926. The predicted octanol–water partition coefficient (Wildman–Crippen LogP) is 22.5. The van der Waals surface area contributed by atoms with Crippen molar-refractivity contribution >= 4 is 17.9 Å². The van der Waals surface area contributed by atoms with Crippen LogP contribution in [-0.4, -0.2) is 37.2 Å². The first kappa shape index (κ1) is 74.5. The molecule has 6 heteroatoms. The highest BCUT2D eigenvalue weighted by Gasteiger charge is 2.19. The Hall–Kier alpha value is -4.45. The number of ether oxygens (including phenoxy) is 3. The van der Waals surface area contributed by atoms with Crippen LogP contribution in [0.25, 0.3) is 0 Å². The molecule has 0 amide bonds. The van der Waals surface area contributed by atoms with Crippen LogP contribution in [0.4, 0.5) is 0 Å². The molecule has 0 aliphatic heterocycles. The van der Waals surface area contributed by atoms with Gasteiger partial charge in [-0.3, -0.25) is 14.4 Å². The summed E-state index contributed by atoms with van der Waals surface area (Å²) in [7, 11) is 0. The van der Waals surface area contributed by atoms with E-state index >= 15 is 0 Å². The molecule has 0 spiro atoms. The van der Waals surface area contributed by atoms with E-state index in [1.165, 1.54) is 89.9 Å². The lowest BCUT2D eigenvalue weighted by atomic mass is 10.1. The maximum Gasteiger partial charge on any atom is 0.306 e. The molecule has 0 bridgehead atoms. The number of rotatable bonds is 58. The summed E-state index contributed by atoms with van der Waals surface area (Å²) in [6.45, 7) is 6.44. The molecule has 0 heterocycles. The second kappa shape index (κ2) is 66.1. The molecule has 79 heavy (non-hydrogen) atoms. The van der Waals surface area contributed by atoms with Crippen molar-refractivity contribution < 1.29 is 28.6 Å². The molecular weight excluding hydrogens is 973 g/mol. The van der Waals surface area contributed by atoms with Gasteiger partial charge in [0.25, 0.3) is 0 Å². The topological polar surface area (TPSA) is 78.9 Å². The largest absolute Gasteiger partial charge is 0.462 e. The highest BCUT2D eigenvalue weighted by molar-refractivity contribution is 5.71. The van der Waals surface area contributed by atoms with Crippen LogP contribution in [0.15, 0.2) is 134 Å². The normalized spacial score (nSPS) is 13.0. The summed E-state index contributed by atoms with van der Waals surface area (Å²) in [5.41, 5.74) is 0. The van der Waals surface area contributed by atoms with E-state index in [0.29, 0.717) is 19.3 Å². The average molecular weight is 1090 g/mol. The fourth-order valence-electron chi connectivity index (χ4n) is 8.73. The summed E-state index contributed by atoms with van der Waals surface area (Å²) < 4.78 is 16.9. The first-order chi connectivity index (χ1) is 39.0. The van der Waals surface area contributed by atoms with Crippen molar-refractivity contribution in [1.82, 2.24) is 0 Å². The molecule has 1 unspecified atom stereocenters. The smallest absolute Gasteiger partial charge is 0.306 e. The lowest BCUT2D eigenvalue weighted by Crippen LogP contribution is -2.30. The molecule has 0 saturated carbocycles. The third-order valence-corrected chi connectivity index (χ3v) is 13.6. The van der Waals surface area contributed by atoms with Crippen molar-refractivity contribution in [2.45, 2.75) is 297 Å². The van der Waals surface area contributed by atoms with Crippen molar-refractivity contribution in [3.63, 3.8) is 0 Å². The van der Waals surface area contributed by atoms with Gasteiger partial charge in [-0.25, -0.2) is 0 Å². The Morgan fingerprint density at radius 1 is 0.266 bits per heavy atom. The third kappa shape index (κ3) is 64.3. The molecule has 0 radical (unpaired) electrons. The van der Waals surface area contributed by atoms with E-state index in [1.54, 1.807) is 0 Å². The summed E-state index contributed by atoms with van der Waals surface area (Å²) in [5.74, 6) is -0.921. The lowest BCUT2D eigenvalue weighted by molar-refractivity contribution is -0.167. The Morgan fingerprint density at radius 3 is 0.835 bits per heavy atom. The van der Waals surface area contributed by atoms with Crippen LogP contribution in [0.3, 0.4) is 0 Å². The van der Waals surface area contributed by atoms with E-state index in [9.17, 15) is 14.4 Å². The Balaban J connectivity index is 4.28. The zero-order valence-electron chi connectivity index (χ0n) is 51.3. The Bertz CT molecular complexity index is 1680. The van der Waals surface area contributed by atoms with Crippen molar-refractivity contribution in [3.8, 4) is 0 Å². The van der Waals surface area contributed by atoms with E-state index in [2.05, 4.69) is 154 Å². The van der Waals surface area contributed by atoms with E-state index in [4.69, 9.17) is 14.2 Å². The molecule has 0 rings (SSSR count).